The van der Waals surface area contributed by atoms with Crippen LogP contribution in [0.1, 0.15) is 80.7 Å². The first kappa shape index (κ1) is 80.4. The molecule has 1 aromatic carbocycles. The fraction of sp³-hybridized carbons (Fsp3) is 0.606. The zero-order chi connectivity index (χ0) is 72.7. The molecule has 101 heavy (non-hydrogen) atoms. The Kier molecular flexibility index (Phi) is 32.8. The Bertz CT molecular complexity index is 3730. The highest BCUT2D eigenvalue weighted by molar-refractivity contribution is 7.90. The molecular weight excluding hydrogens is 1350 g/mol. The Morgan fingerprint density at radius 3 is 1.92 bits per heavy atom. The van der Waals surface area contributed by atoms with E-state index in [9.17, 15) is 47.1 Å². The number of carbonyl (C=O) groups is 6. The summed E-state index contributed by atoms with van der Waals surface area (Å²) in [6, 6.07) is 2.43. The van der Waals surface area contributed by atoms with Gasteiger partial charge in [-0.3, -0.25) is 28.8 Å². The molecule has 5 aromatic rings. The van der Waals surface area contributed by atoms with E-state index in [4.69, 9.17) is 58.1 Å². The zero-order valence-electron chi connectivity index (χ0n) is 57.8. The van der Waals surface area contributed by atoms with Gasteiger partial charge in [-0.1, -0.05) is 26.0 Å². The number of benzene rings is 1. The SMILES string of the molecule is CC[C@@]1(O)C(=O)OCc2c1cc1n(c2=O)Cc2c-1nc1cc(F)c(C)cc1c2CCCNC(=O)CNC(=O)[C@H](CCCCN)NC(=O)[C@@H](NC(=O)COCC(=O)NCCOCCOCCOCCOCCOCCOCCOCCOCCn1cc(-c2cnc(S(C)(=O)=O)nc2)nn1)C(C)C. The van der Waals surface area contributed by atoms with Crippen molar-refractivity contribution in [1.29, 1.82) is 0 Å². The Balaban J connectivity index is 0.666. The predicted octanol–water partition coefficient (Wildman–Crippen LogP) is -0.135. The number of esters is 1. The number of nitrogens with zero attached hydrogens (tertiary/aromatic N) is 7. The minimum absolute atomic E-state index is 0.0323. The lowest BCUT2D eigenvalue weighted by Crippen LogP contribution is -2.56. The average molecular weight is 1440 g/mol. The van der Waals surface area contributed by atoms with Crippen molar-refractivity contribution in [3.63, 3.8) is 0 Å². The fourth-order valence-corrected chi connectivity index (χ4v) is 11.2. The monoisotopic (exact) mass is 1440 g/mol. The van der Waals surface area contributed by atoms with Gasteiger partial charge in [-0.2, -0.15) is 0 Å². The first-order chi connectivity index (χ1) is 48.6. The van der Waals surface area contributed by atoms with Crippen LogP contribution in [-0.2, 0) is 118 Å². The predicted molar refractivity (Wildman–Crippen MR) is 360 cm³/mol. The highest BCUT2D eigenvalue weighted by atomic mass is 32.2. The Morgan fingerprint density at radius 1 is 0.733 bits per heavy atom. The summed E-state index contributed by atoms with van der Waals surface area (Å²) in [4.78, 5) is 105. The quantitative estimate of drug-likeness (QED) is 0.0148. The number of sulfone groups is 1. The third-order valence-corrected chi connectivity index (χ3v) is 17.1. The number of fused-ring (bicyclic) bond motifs is 5. The maximum atomic E-state index is 15.0. The maximum absolute atomic E-state index is 15.0. The van der Waals surface area contributed by atoms with E-state index in [0.29, 0.717) is 176 Å². The van der Waals surface area contributed by atoms with Crippen LogP contribution in [-0.4, -0.2) is 247 Å². The van der Waals surface area contributed by atoms with Crippen molar-refractivity contribution in [3.8, 4) is 22.6 Å². The number of halogens is 1. The van der Waals surface area contributed by atoms with Crippen molar-refractivity contribution < 1.29 is 94.1 Å². The molecule has 8 N–H and O–H groups in total. The van der Waals surface area contributed by atoms with E-state index < -0.39 is 100 Å². The molecule has 7 rings (SSSR count). The van der Waals surface area contributed by atoms with Crippen LogP contribution >= 0.6 is 0 Å². The van der Waals surface area contributed by atoms with Gasteiger partial charge in [0.2, 0.25) is 44.5 Å². The van der Waals surface area contributed by atoms with Crippen molar-refractivity contribution in [2.75, 3.05) is 151 Å². The van der Waals surface area contributed by atoms with Gasteiger partial charge in [-0.15, -0.1) is 5.10 Å². The summed E-state index contributed by atoms with van der Waals surface area (Å²) < 4.78 is 96.0. The standard InChI is InChI=1S/C66H94FN13O20S/c1-6-66(88)50-33-55-60-48(38-80(55)63(86)49(50)40-100-64(66)87)46(47-32-44(4)51(67)34-53(47)74-60)10-9-13-69-56(81)37-71-61(84)52(11-7-8-12-68)75-62(85)59(43(2)3)76-58(83)42-99-41-57(82)70-14-16-91-18-20-93-22-24-95-26-28-97-30-31-98-29-27-96-25-23-94-21-19-92-17-15-79-39-54(77-78-79)45-35-72-65(73-36-45)101(5,89)90/h32-36,39,43,52,59,88H,6-31,37-38,40-42,68H2,1-5H3,(H,69,81)(H,70,82)(H,71,84)(H,75,85)(H,76,83)/t52-,59-,66-/m0/s1. The molecule has 35 heteroatoms. The number of amides is 5. The summed E-state index contributed by atoms with van der Waals surface area (Å²) in [6.07, 6.45) is 7.44. The summed E-state index contributed by atoms with van der Waals surface area (Å²) in [5.41, 5.74) is 7.63. The number of nitrogens with one attached hydrogen (secondary N) is 5. The van der Waals surface area contributed by atoms with Crippen LogP contribution in [0, 0.1) is 18.7 Å². The Labute approximate surface area is 584 Å². The summed E-state index contributed by atoms with van der Waals surface area (Å²) in [5, 5.41) is 33.2. The number of ether oxygens (including phenoxy) is 10. The van der Waals surface area contributed by atoms with E-state index in [1.807, 2.05) is 0 Å². The Hall–Kier alpha value is -7.94. The van der Waals surface area contributed by atoms with E-state index in [-0.39, 0.29) is 68.6 Å². The van der Waals surface area contributed by atoms with Crippen LogP contribution in [0.15, 0.2) is 46.7 Å². The minimum atomic E-state index is -3.49. The molecule has 556 valence electrons. The molecule has 6 heterocycles. The van der Waals surface area contributed by atoms with Gasteiger partial charge < -0.3 is 89.4 Å². The van der Waals surface area contributed by atoms with Gasteiger partial charge in [-0.05, 0) is 81.2 Å². The molecule has 5 amide bonds. The van der Waals surface area contributed by atoms with Crippen LogP contribution in [0.4, 0.5) is 4.39 Å². The molecule has 0 bridgehead atoms. The minimum Gasteiger partial charge on any atom is -0.458 e. The van der Waals surface area contributed by atoms with Crippen molar-refractivity contribution in [1.82, 2.24) is 61.1 Å². The summed E-state index contributed by atoms with van der Waals surface area (Å²) in [7, 11) is -3.49. The molecule has 2 aliphatic rings. The second-order valence-corrected chi connectivity index (χ2v) is 26.0. The topological polar surface area (TPSA) is 427 Å². The number of pyridine rings is 2. The van der Waals surface area contributed by atoms with Crippen molar-refractivity contribution in [2.45, 2.75) is 109 Å². The molecule has 0 saturated heterocycles. The smallest absolute Gasteiger partial charge is 0.343 e. The van der Waals surface area contributed by atoms with Crippen LogP contribution in [0.3, 0.4) is 0 Å². The average Bonchev–Trinajstić information content (AvgIpc) is 1.62. The number of aliphatic hydroxyl groups is 1. The van der Waals surface area contributed by atoms with Crippen LogP contribution in [0.2, 0.25) is 0 Å². The summed E-state index contributed by atoms with van der Waals surface area (Å²) in [5.74, 6) is -4.72. The molecule has 0 aliphatic carbocycles. The maximum Gasteiger partial charge on any atom is 0.343 e. The number of nitrogens with two attached hydrogens (primary N) is 1. The van der Waals surface area contributed by atoms with E-state index >= 15 is 4.39 Å². The number of aromatic nitrogens is 7. The van der Waals surface area contributed by atoms with Gasteiger partial charge in [0.05, 0.1) is 154 Å². The van der Waals surface area contributed by atoms with Gasteiger partial charge in [0.15, 0.2) is 5.60 Å². The van der Waals surface area contributed by atoms with Gasteiger partial charge in [0, 0.05) is 59.9 Å². The zero-order valence-corrected chi connectivity index (χ0v) is 58.6. The third-order valence-electron chi connectivity index (χ3n) is 16.2. The van der Waals surface area contributed by atoms with E-state index in [1.54, 1.807) is 50.7 Å². The number of cyclic esters (lactones) is 1. The highest BCUT2D eigenvalue weighted by Gasteiger charge is 2.46. The number of aryl methyl sites for hydroxylation is 2. The molecule has 0 spiro atoms. The van der Waals surface area contributed by atoms with Crippen LogP contribution in [0.25, 0.3) is 33.5 Å². The highest BCUT2D eigenvalue weighted by Crippen LogP contribution is 2.41. The number of rotatable bonds is 49. The summed E-state index contributed by atoms with van der Waals surface area (Å²) in [6.45, 7) is 12.1. The van der Waals surface area contributed by atoms with Crippen molar-refractivity contribution in [2.24, 2.45) is 11.7 Å². The number of unbranched alkanes of at least 4 members (excludes halogenated alkanes) is 1. The van der Waals surface area contributed by atoms with Gasteiger partial charge in [-0.25, -0.2) is 37.2 Å². The molecule has 3 atom stereocenters. The molecule has 4 aromatic heterocycles. The molecule has 0 saturated carbocycles. The number of hydrogen-bond donors (Lipinski definition) is 7. The van der Waals surface area contributed by atoms with Crippen LogP contribution < -0.4 is 37.9 Å². The molecule has 0 fully saturated rings. The first-order valence-electron chi connectivity index (χ1n) is 33.6. The normalized spacial score (nSPS) is 14.6. The van der Waals surface area contributed by atoms with Crippen molar-refractivity contribution in [3.05, 3.63) is 80.8 Å². The lowest BCUT2D eigenvalue weighted by Gasteiger charge is -2.31. The van der Waals surface area contributed by atoms with E-state index in [2.05, 4.69) is 46.9 Å². The molecular formula is C66H94FN13O20S. The van der Waals surface area contributed by atoms with Gasteiger partial charge >= 0.3 is 5.97 Å². The molecule has 0 radical (unpaired) electrons. The molecule has 2 aliphatic heterocycles. The fourth-order valence-electron chi connectivity index (χ4n) is 10.7. The largest absolute Gasteiger partial charge is 0.458 e. The second kappa shape index (κ2) is 41.2. The third kappa shape index (κ3) is 24.6. The van der Waals surface area contributed by atoms with E-state index in [1.165, 1.54) is 23.0 Å². The second-order valence-electron chi connectivity index (χ2n) is 24.1. The lowest BCUT2D eigenvalue weighted by molar-refractivity contribution is -0.172. The Morgan fingerprint density at radius 2 is 1.33 bits per heavy atom. The number of hydrogen-bond acceptors (Lipinski definition) is 26. The van der Waals surface area contributed by atoms with Crippen LogP contribution in [0.5, 0.6) is 0 Å². The summed E-state index contributed by atoms with van der Waals surface area (Å²) >= 11 is 0. The first-order valence-corrected chi connectivity index (χ1v) is 35.5. The van der Waals surface area contributed by atoms with Gasteiger partial charge in [0.1, 0.15) is 43.4 Å². The van der Waals surface area contributed by atoms with Gasteiger partial charge in [0.25, 0.3) is 5.56 Å². The molecule has 0 unspecified atom stereocenters. The molecule has 33 nitrogen and oxygen atoms in total. The lowest BCUT2D eigenvalue weighted by atomic mass is 9.86. The van der Waals surface area contributed by atoms with E-state index in [0.717, 1.165) is 11.8 Å². The van der Waals surface area contributed by atoms with Crippen molar-refractivity contribution >= 4 is 56.2 Å². The number of carbonyl (C=O) groups excluding carboxylic acids is 6.